The molecule has 0 saturated carbocycles. The standard InChI is InChI=1S/C40H41ClFN5O3/c1-6-25-10-7-11-26-12-8-13-29(32(25)26)33-31(41)18-30-35(34(33)42)43-37(49-23-40-16-9-17-46(40)20-24(2)19-40)44-36(30)45-21-27-14-15-28(22-45)47(27)38(48)50-39(3,4)5/h1,7-8,10-13,18,27-28H,2,9,14-17,19-23H2,3-5H3. The Morgan fingerprint density at radius 3 is 2.62 bits per heavy atom. The maximum Gasteiger partial charge on any atom is 0.410 e. The summed E-state index contributed by atoms with van der Waals surface area (Å²) >= 11 is 7.03. The Labute approximate surface area is 297 Å². The van der Waals surface area contributed by atoms with Gasteiger partial charge in [0.15, 0.2) is 5.82 Å². The Bertz CT molecular complexity index is 2090. The Kier molecular flexibility index (Phi) is 7.96. The van der Waals surface area contributed by atoms with Crippen LogP contribution in [0.15, 0.2) is 54.6 Å². The van der Waals surface area contributed by atoms with Gasteiger partial charge in [0.2, 0.25) is 0 Å². The fourth-order valence-corrected chi connectivity index (χ4v) is 9.01. The number of ether oxygens (including phenoxy) is 2. The van der Waals surface area contributed by atoms with Gasteiger partial charge < -0.3 is 14.4 Å². The van der Waals surface area contributed by atoms with E-state index in [1.807, 2.05) is 62.1 Å². The van der Waals surface area contributed by atoms with Crippen molar-refractivity contribution in [3.63, 3.8) is 0 Å². The van der Waals surface area contributed by atoms with Crippen LogP contribution in [0.5, 0.6) is 6.01 Å². The van der Waals surface area contributed by atoms with E-state index in [2.05, 4.69) is 22.3 Å². The van der Waals surface area contributed by atoms with E-state index in [9.17, 15) is 4.79 Å². The molecule has 1 amide bonds. The van der Waals surface area contributed by atoms with Crippen molar-refractivity contribution in [2.24, 2.45) is 0 Å². The van der Waals surface area contributed by atoms with Gasteiger partial charge in [-0.3, -0.25) is 9.80 Å². The number of anilines is 1. The fraction of sp³-hybridized carbons (Fsp3) is 0.425. The summed E-state index contributed by atoms with van der Waals surface area (Å²) in [7, 11) is 0. The molecule has 50 heavy (non-hydrogen) atoms. The molecular weight excluding hydrogens is 653 g/mol. The van der Waals surface area contributed by atoms with Crippen LogP contribution in [0.3, 0.4) is 0 Å². The number of rotatable bonds is 5. The van der Waals surface area contributed by atoms with E-state index in [0.29, 0.717) is 42.0 Å². The molecule has 0 spiro atoms. The third-order valence-corrected chi connectivity index (χ3v) is 11.1. The molecule has 4 aliphatic heterocycles. The number of carbonyl (C=O) groups excluding carboxylic acids is 1. The van der Waals surface area contributed by atoms with Crippen LogP contribution in [-0.2, 0) is 4.74 Å². The smallest absolute Gasteiger partial charge is 0.410 e. The predicted octanol–water partition coefficient (Wildman–Crippen LogP) is 7.99. The summed E-state index contributed by atoms with van der Waals surface area (Å²) < 4.78 is 29.5. The predicted molar refractivity (Wildman–Crippen MR) is 195 cm³/mol. The molecule has 4 fully saturated rings. The van der Waals surface area contributed by atoms with Crippen LogP contribution in [0, 0.1) is 18.2 Å². The third kappa shape index (κ3) is 5.53. The van der Waals surface area contributed by atoms with Crippen LogP contribution >= 0.6 is 11.6 Å². The van der Waals surface area contributed by atoms with Crippen molar-refractivity contribution in [1.82, 2.24) is 19.8 Å². The van der Waals surface area contributed by atoms with Gasteiger partial charge in [0.1, 0.15) is 23.5 Å². The molecule has 258 valence electrons. The monoisotopic (exact) mass is 693 g/mol. The zero-order valence-corrected chi connectivity index (χ0v) is 29.5. The van der Waals surface area contributed by atoms with Crippen LogP contribution in [0.1, 0.15) is 58.4 Å². The fourth-order valence-electron chi connectivity index (χ4n) is 8.72. The third-order valence-electron chi connectivity index (χ3n) is 10.8. The summed E-state index contributed by atoms with van der Waals surface area (Å²) in [5, 5.41) is 2.35. The minimum atomic E-state index is -0.597. The number of nitrogens with zero attached hydrogens (tertiary/aromatic N) is 5. The molecule has 3 aromatic carbocycles. The Hall–Kier alpha value is -4.39. The second-order valence-electron chi connectivity index (χ2n) is 15.3. The van der Waals surface area contributed by atoms with Gasteiger partial charge in [-0.1, -0.05) is 60.0 Å². The van der Waals surface area contributed by atoms with Crippen molar-refractivity contribution in [2.75, 3.05) is 37.7 Å². The summed E-state index contributed by atoms with van der Waals surface area (Å²) in [6, 6.07) is 13.1. The minimum Gasteiger partial charge on any atom is -0.461 e. The van der Waals surface area contributed by atoms with Crippen LogP contribution in [-0.4, -0.2) is 81.9 Å². The molecule has 4 aliphatic rings. The molecule has 3 unspecified atom stereocenters. The zero-order valence-electron chi connectivity index (χ0n) is 28.8. The number of fused-ring (bicyclic) bond motifs is 5. The first-order valence-electron chi connectivity index (χ1n) is 17.4. The lowest BCUT2D eigenvalue weighted by Gasteiger charge is -2.42. The number of carbonyl (C=O) groups is 1. The van der Waals surface area contributed by atoms with Crippen molar-refractivity contribution >= 4 is 45.2 Å². The number of hydrogen-bond acceptors (Lipinski definition) is 7. The van der Waals surface area contributed by atoms with Crippen LogP contribution < -0.4 is 9.64 Å². The highest BCUT2D eigenvalue weighted by Crippen LogP contribution is 2.44. The summed E-state index contributed by atoms with van der Waals surface area (Å²) in [5.74, 6) is 2.73. The van der Waals surface area contributed by atoms with Crippen molar-refractivity contribution in [3.8, 4) is 29.5 Å². The van der Waals surface area contributed by atoms with Crippen molar-refractivity contribution in [2.45, 2.75) is 76.1 Å². The largest absolute Gasteiger partial charge is 0.461 e. The minimum absolute atomic E-state index is 0.0779. The molecule has 8 rings (SSSR count). The van der Waals surface area contributed by atoms with E-state index in [4.69, 9.17) is 37.5 Å². The highest BCUT2D eigenvalue weighted by molar-refractivity contribution is 6.35. The number of benzene rings is 3. The number of aromatic nitrogens is 2. The van der Waals surface area contributed by atoms with Gasteiger partial charge in [0.25, 0.3) is 0 Å². The lowest BCUT2D eigenvalue weighted by Crippen LogP contribution is -2.57. The second kappa shape index (κ2) is 12.1. The molecule has 4 saturated heterocycles. The number of halogens is 2. The van der Waals surface area contributed by atoms with E-state index < -0.39 is 11.4 Å². The summed E-state index contributed by atoms with van der Waals surface area (Å²) in [6.07, 6.45) is 10.2. The van der Waals surface area contributed by atoms with Crippen molar-refractivity contribution < 1.29 is 18.7 Å². The number of hydrogen-bond donors (Lipinski definition) is 0. The summed E-state index contributed by atoms with van der Waals surface area (Å²) in [5.41, 5.74) is 2.03. The average molecular weight is 694 g/mol. The average Bonchev–Trinajstić information content (AvgIpc) is 3.69. The van der Waals surface area contributed by atoms with E-state index >= 15 is 4.39 Å². The maximum absolute atomic E-state index is 17.2. The number of amides is 1. The molecule has 4 aromatic rings. The first-order valence-corrected chi connectivity index (χ1v) is 17.8. The Balaban J connectivity index is 1.24. The van der Waals surface area contributed by atoms with E-state index in [0.717, 1.165) is 56.0 Å². The topological polar surface area (TPSA) is 71.0 Å². The molecule has 8 nitrogen and oxygen atoms in total. The van der Waals surface area contributed by atoms with Crippen molar-refractivity contribution in [1.29, 1.82) is 0 Å². The quantitative estimate of drug-likeness (QED) is 0.155. The molecule has 1 aromatic heterocycles. The molecule has 2 bridgehead atoms. The molecule has 5 heterocycles. The second-order valence-corrected chi connectivity index (χ2v) is 15.7. The first kappa shape index (κ1) is 32.8. The van der Waals surface area contributed by atoms with Crippen molar-refractivity contribution in [3.05, 3.63) is 71.0 Å². The Morgan fingerprint density at radius 1 is 1.16 bits per heavy atom. The zero-order chi connectivity index (χ0) is 34.9. The van der Waals surface area contributed by atoms with Gasteiger partial charge in [0, 0.05) is 41.5 Å². The molecule has 10 heteroatoms. The summed E-state index contributed by atoms with van der Waals surface area (Å²) in [6.45, 7) is 13.1. The van der Waals surface area contributed by atoms with Gasteiger partial charge in [-0.15, -0.1) is 6.42 Å². The van der Waals surface area contributed by atoms with Gasteiger partial charge in [-0.2, -0.15) is 9.97 Å². The lowest BCUT2D eigenvalue weighted by molar-refractivity contribution is 0.0122. The SMILES string of the molecule is C#Cc1cccc2cccc(-c3c(Cl)cc4c(N5CC6CCC(C5)N6C(=O)OC(C)(C)C)nc(OCC56CCCN5CC(=C)C6)nc4c3F)c12. The van der Waals surface area contributed by atoms with Crippen LogP contribution in [0.2, 0.25) is 5.02 Å². The first-order chi connectivity index (χ1) is 23.9. The van der Waals surface area contributed by atoms with Gasteiger partial charge in [0.05, 0.1) is 22.6 Å². The maximum atomic E-state index is 17.2. The molecular formula is C40H41ClFN5O3. The summed E-state index contributed by atoms with van der Waals surface area (Å²) in [4.78, 5) is 29.4. The van der Waals surface area contributed by atoms with Gasteiger partial charge >= 0.3 is 12.1 Å². The highest BCUT2D eigenvalue weighted by atomic mass is 35.5. The van der Waals surface area contributed by atoms with E-state index in [1.54, 1.807) is 6.07 Å². The number of terminal acetylenes is 1. The molecule has 0 aliphatic carbocycles. The lowest BCUT2D eigenvalue weighted by atomic mass is 9.93. The van der Waals surface area contributed by atoms with Crippen LogP contribution in [0.4, 0.5) is 15.0 Å². The van der Waals surface area contributed by atoms with Gasteiger partial charge in [-0.05, 0) is 82.5 Å². The van der Waals surface area contributed by atoms with Crippen LogP contribution in [0.25, 0.3) is 32.8 Å². The van der Waals surface area contributed by atoms with E-state index in [-0.39, 0.29) is 45.8 Å². The van der Waals surface area contributed by atoms with Gasteiger partial charge in [-0.25, -0.2) is 9.18 Å². The molecule has 0 radical (unpaired) electrons. The van der Waals surface area contributed by atoms with E-state index in [1.165, 1.54) is 5.57 Å². The number of piperazine rings is 1. The Morgan fingerprint density at radius 2 is 1.90 bits per heavy atom. The molecule has 0 N–H and O–H groups in total. The normalized spacial score (nSPS) is 23.5. The molecule has 3 atom stereocenters. The highest BCUT2D eigenvalue weighted by Gasteiger charge is 2.47.